The van der Waals surface area contributed by atoms with Gasteiger partial charge in [0.1, 0.15) is 5.69 Å². The molecule has 1 atom stereocenters. The number of nitrogen functional groups attached to an aromatic ring is 1. The van der Waals surface area contributed by atoms with Crippen molar-refractivity contribution < 1.29 is 4.79 Å². The molecule has 0 spiro atoms. The van der Waals surface area contributed by atoms with Gasteiger partial charge in [-0.05, 0) is 19.4 Å². The molecule has 1 amide bonds. The summed E-state index contributed by atoms with van der Waals surface area (Å²) < 4.78 is 1.81. The highest BCUT2D eigenvalue weighted by atomic mass is 16.2. The largest absolute Gasteiger partial charge is 0.397 e. The first-order chi connectivity index (χ1) is 8.12. The van der Waals surface area contributed by atoms with Crippen LogP contribution in [0.5, 0.6) is 0 Å². The molecule has 0 radical (unpaired) electrons. The van der Waals surface area contributed by atoms with Gasteiger partial charge >= 0.3 is 0 Å². The number of hydrogen-bond donors (Lipinski definition) is 2. The Morgan fingerprint density at radius 2 is 2.35 bits per heavy atom. The molecule has 0 saturated heterocycles. The number of terminal acetylenes is 1. The number of amides is 1. The molecule has 0 bridgehead atoms. The van der Waals surface area contributed by atoms with Crippen LogP contribution in [0.1, 0.15) is 37.2 Å². The van der Waals surface area contributed by atoms with Gasteiger partial charge in [-0.1, -0.05) is 19.3 Å². The summed E-state index contributed by atoms with van der Waals surface area (Å²) in [6.07, 6.45) is 8.83. The molecular formula is C13H19N3O. The van der Waals surface area contributed by atoms with E-state index in [4.69, 9.17) is 12.2 Å². The highest BCUT2D eigenvalue weighted by Gasteiger charge is 2.14. The van der Waals surface area contributed by atoms with Gasteiger partial charge in [0.05, 0.1) is 11.7 Å². The van der Waals surface area contributed by atoms with Crippen LogP contribution in [-0.2, 0) is 6.54 Å². The lowest BCUT2D eigenvalue weighted by atomic mass is 10.2. The van der Waals surface area contributed by atoms with Gasteiger partial charge in [0.2, 0.25) is 0 Å². The Morgan fingerprint density at radius 3 is 2.88 bits per heavy atom. The van der Waals surface area contributed by atoms with E-state index in [1.54, 1.807) is 12.3 Å². The Bertz CT molecular complexity index is 428. The Kier molecular flexibility index (Phi) is 4.65. The van der Waals surface area contributed by atoms with Crippen LogP contribution in [0.25, 0.3) is 0 Å². The highest BCUT2D eigenvalue weighted by Crippen LogP contribution is 2.11. The number of nitrogens with zero attached hydrogens (tertiary/aromatic N) is 1. The van der Waals surface area contributed by atoms with Crippen molar-refractivity contribution >= 4 is 11.6 Å². The number of aromatic nitrogens is 1. The zero-order chi connectivity index (χ0) is 12.8. The maximum atomic E-state index is 12.0. The average Bonchev–Trinajstić information content (AvgIpc) is 2.69. The summed E-state index contributed by atoms with van der Waals surface area (Å²) in [5.74, 6) is 2.41. The summed E-state index contributed by atoms with van der Waals surface area (Å²) in [5.41, 5.74) is 6.82. The lowest BCUT2D eigenvalue weighted by Crippen LogP contribution is -2.34. The minimum Gasteiger partial charge on any atom is -0.397 e. The number of nitrogens with two attached hydrogens (primary N) is 1. The first-order valence-corrected chi connectivity index (χ1v) is 5.85. The molecule has 1 heterocycles. The molecule has 0 saturated carbocycles. The summed E-state index contributed by atoms with van der Waals surface area (Å²) in [6, 6.07) is 1.45. The fourth-order valence-corrected chi connectivity index (χ4v) is 1.70. The van der Waals surface area contributed by atoms with Gasteiger partial charge in [0.25, 0.3) is 5.91 Å². The normalized spacial score (nSPS) is 11.8. The Balaban J connectivity index is 2.79. The van der Waals surface area contributed by atoms with Crippen LogP contribution in [0, 0.1) is 12.3 Å². The van der Waals surface area contributed by atoms with Crippen LogP contribution in [-0.4, -0.2) is 16.5 Å². The van der Waals surface area contributed by atoms with Crippen LogP contribution < -0.4 is 11.1 Å². The molecule has 1 aromatic rings. The van der Waals surface area contributed by atoms with Crippen molar-refractivity contribution in [3.05, 3.63) is 18.0 Å². The minimum atomic E-state index is -0.214. The second-order valence-corrected chi connectivity index (χ2v) is 3.93. The van der Waals surface area contributed by atoms with Crippen LogP contribution in [0.4, 0.5) is 5.69 Å². The number of rotatable bonds is 5. The molecule has 92 valence electrons. The third kappa shape index (κ3) is 3.28. The average molecular weight is 233 g/mol. The van der Waals surface area contributed by atoms with Gasteiger partial charge in [0.15, 0.2) is 0 Å². The van der Waals surface area contributed by atoms with Crippen LogP contribution in [0.3, 0.4) is 0 Å². The summed E-state index contributed by atoms with van der Waals surface area (Å²) in [4.78, 5) is 12.0. The number of carbonyl (C=O) groups excluding carboxylic acids is 1. The summed E-state index contributed by atoms with van der Waals surface area (Å²) in [6.45, 7) is 4.69. The van der Waals surface area contributed by atoms with E-state index < -0.39 is 0 Å². The van der Waals surface area contributed by atoms with Crippen molar-refractivity contribution in [2.24, 2.45) is 0 Å². The Morgan fingerprint density at radius 1 is 1.65 bits per heavy atom. The van der Waals surface area contributed by atoms with E-state index in [-0.39, 0.29) is 11.9 Å². The van der Waals surface area contributed by atoms with Crippen molar-refractivity contribution in [3.63, 3.8) is 0 Å². The van der Waals surface area contributed by atoms with Crippen LogP contribution in [0.2, 0.25) is 0 Å². The van der Waals surface area contributed by atoms with Gasteiger partial charge in [-0.25, -0.2) is 0 Å². The molecule has 1 rings (SSSR count). The second kappa shape index (κ2) is 6.00. The minimum absolute atomic E-state index is 0.167. The van der Waals surface area contributed by atoms with Gasteiger partial charge < -0.3 is 15.6 Å². The first-order valence-electron chi connectivity index (χ1n) is 5.85. The molecule has 0 aliphatic carbocycles. The first kappa shape index (κ1) is 13.2. The molecule has 4 nitrogen and oxygen atoms in total. The van der Waals surface area contributed by atoms with Gasteiger partial charge in [-0.2, -0.15) is 0 Å². The molecular weight excluding hydrogens is 214 g/mol. The predicted octanol–water partition coefficient (Wildman–Crippen LogP) is 1.62. The van der Waals surface area contributed by atoms with E-state index >= 15 is 0 Å². The van der Waals surface area contributed by atoms with Gasteiger partial charge in [-0.15, -0.1) is 6.42 Å². The number of anilines is 1. The van der Waals surface area contributed by atoms with Crippen LogP contribution >= 0.6 is 0 Å². The van der Waals surface area contributed by atoms with Gasteiger partial charge in [0, 0.05) is 12.7 Å². The fraction of sp³-hybridized carbons (Fsp3) is 0.462. The van der Waals surface area contributed by atoms with Gasteiger partial charge in [-0.3, -0.25) is 4.79 Å². The van der Waals surface area contributed by atoms with E-state index in [0.29, 0.717) is 17.9 Å². The quantitative estimate of drug-likeness (QED) is 0.759. The molecule has 0 aliphatic rings. The number of hydrogen-bond acceptors (Lipinski definition) is 2. The van der Waals surface area contributed by atoms with Crippen LogP contribution in [0.15, 0.2) is 12.3 Å². The van der Waals surface area contributed by atoms with E-state index in [1.165, 1.54) is 0 Å². The Hall–Kier alpha value is -1.89. The monoisotopic (exact) mass is 233 g/mol. The maximum Gasteiger partial charge on any atom is 0.268 e. The number of aryl methyl sites for hydroxylation is 1. The van der Waals surface area contributed by atoms with E-state index in [2.05, 4.69) is 11.2 Å². The van der Waals surface area contributed by atoms with Crippen molar-refractivity contribution in [3.8, 4) is 12.3 Å². The third-order valence-electron chi connectivity index (χ3n) is 2.57. The zero-order valence-corrected chi connectivity index (χ0v) is 10.4. The SMILES string of the molecule is C#CC(CCC)NC(=O)c1cc(N)cn1CC. The number of nitrogens with one attached hydrogen (secondary N) is 1. The van der Waals surface area contributed by atoms with Crippen molar-refractivity contribution in [1.29, 1.82) is 0 Å². The van der Waals surface area contributed by atoms with E-state index in [0.717, 1.165) is 12.8 Å². The molecule has 0 aliphatic heterocycles. The lowest BCUT2D eigenvalue weighted by Gasteiger charge is -2.12. The van der Waals surface area contributed by atoms with Crippen molar-refractivity contribution in [2.45, 2.75) is 39.3 Å². The molecule has 1 aromatic heterocycles. The van der Waals surface area contributed by atoms with E-state index in [9.17, 15) is 4.79 Å². The molecule has 3 N–H and O–H groups in total. The number of carbonyl (C=O) groups is 1. The van der Waals surface area contributed by atoms with Crippen molar-refractivity contribution in [2.75, 3.05) is 5.73 Å². The highest BCUT2D eigenvalue weighted by molar-refractivity contribution is 5.94. The summed E-state index contributed by atoms with van der Waals surface area (Å²) in [7, 11) is 0. The Labute approximate surface area is 102 Å². The molecule has 0 aromatic carbocycles. The second-order valence-electron chi connectivity index (χ2n) is 3.93. The third-order valence-corrected chi connectivity index (χ3v) is 2.57. The zero-order valence-electron chi connectivity index (χ0n) is 10.4. The summed E-state index contributed by atoms with van der Waals surface area (Å²) in [5, 5.41) is 2.82. The lowest BCUT2D eigenvalue weighted by molar-refractivity contribution is 0.0935. The standard InChI is InChI=1S/C13H19N3O/c1-4-7-11(5-2)15-13(17)12-8-10(14)9-16(12)6-3/h2,8-9,11H,4,6-7,14H2,1,3H3,(H,15,17). The van der Waals surface area contributed by atoms with E-state index in [1.807, 2.05) is 18.4 Å². The van der Waals surface area contributed by atoms with Crippen molar-refractivity contribution in [1.82, 2.24) is 9.88 Å². The maximum absolute atomic E-state index is 12.0. The molecule has 17 heavy (non-hydrogen) atoms. The smallest absolute Gasteiger partial charge is 0.268 e. The molecule has 1 unspecified atom stereocenters. The fourth-order valence-electron chi connectivity index (χ4n) is 1.70. The molecule has 4 heteroatoms. The topological polar surface area (TPSA) is 60.1 Å². The summed E-state index contributed by atoms with van der Waals surface area (Å²) >= 11 is 0. The predicted molar refractivity (Wildman–Crippen MR) is 69.5 cm³/mol. The molecule has 0 fully saturated rings.